The maximum atomic E-state index is 12.1. The summed E-state index contributed by atoms with van der Waals surface area (Å²) >= 11 is 6.28. The van der Waals surface area contributed by atoms with Gasteiger partial charge in [0.2, 0.25) is 5.91 Å². The third-order valence-corrected chi connectivity index (χ3v) is 4.03. The highest BCUT2D eigenvalue weighted by Crippen LogP contribution is 2.44. The van der Waals surface area contributed by atoms with E-state index in [1.165, 1.54) is 0 Å². The van der Waals surface area contributed by atoms with Crippen molar-refractivity contribution in [3.8, 4) is 5.75 Å². The van der Waals surface area contributed by atoms with Crippen molar-refractivity contribution in [1.29, 1.82) is 0 Å². The number of carbonyl (C=O) groups excluding carboxylic acids is 1. The summed E-state index contributed by atoms with van der Waals surface area (Å²) in [6.45, 7) is 0. The lowest BCUT2D eigenvalue weighted by Crippen LogP contribution is -2.45. The molecule has 1 aliphatic rings. The smallest absolute Gasteiger partial charge is 0.244 e. The summed E-state index contributed by atoms with van der Waals surface area (Å²) in [5, 5.41) is 0.555. The minimum absolute atomic E-state index is 0.160. The number of halogens is 1. The molecule has 1 saturated carbocycles. The number of hydrazine groups is 1. The van der Waals surface area contributed by atoms with Gasteiger partial charge in [0.05, 0.1) is 12.5 Å². The molecule has 3 N–H and O–H groups in total. The number of hydrogen-bond donors (Lipinski definition) is 2. The van der Waals surface area contributed by atoms with Crippen LogP contribution in [0.4, 0.5) is 0 Å². The van der Waals surface area contributed by atoms with Gasteiger partial charge in [-0.2, -0.15) is 0 Å². The van der Waals surface area contributed by atoms with Crippen LogP contribution < -0.4 is 16.0 Å². The lowest BCUT2D eigenvalue weighted by atomic mass is 9.78. The topological polar surface area (TPSA) is 64.3 Å². The van der Waals surface area contributed by atoms with E-state index in [0.29, 0.717) is 10.8 Å². The fourth-order valence-corrected chi connectivity index (χ4v) is 3.10. The van der Waals surface area contributed by atoms with Gasteiger partial charge in [0.15, 0.2) is 0 Å². The van der Waals surface area contributed by atoms with E-state index in [1.807, 2.05) is 12.1 Å². The molecule has 98 valence electrons. The molecule has 1 aromatic carbocycles. The molecule has 0 saturated heterocycles. The first-order valence-electron chi connectivity index (χ1n) is 5.99. The third kappa shape index (κ3) is 2.06. The molecule has 1 aliphatic carbocycles. The van der Waals surface area contributed by atoms with Crippen molar-refractivity contribution in [3.63, 3.8) is 0 Å². The average Bonchev–Trinajstić information content (AvgIpc) is 2.88. The van der Waals surface area contributed by atoms with Crippen LogP contribution >= 0.6 is 11.6 Å². The summed E-state index contributed by atoms with van der Waals surface area (Å²) in [5.74, 6) is 5.84. The molecule has 1 amide bonds. The van der Waals surface area contributed by atoms with Gasteiger partial charge in [-0.15, -0.1) is 0 Å². The molecule has 1 fully saturated rings. The first-order valence-corrected chi connectivity index (χ1v) is 6.37. The second-order valence-electron chi connectivity index (χ2n) is 4.61. The van der Waals surface area contributed by atoms with Crippen LogP contribution in [0, 0.1) is 0 Å². The first-order chi connectivity index (χ1) is 8.64. The Balaban J connectivity index is 2.46. The van der Waals surface area contributed by atoms with Crippen molar-refractivity contribution in [2.75, 3.05) is 7.11 Å². The number of hydrogen-bond acceptors (Lipinski definition) is 3. The second kappa shape index (κ2) is 5.16. The maximum Gasteiger partial charge on any atom is 0.244 e. The van der Waals surface area contributed by atoms with Crippen molar-refractivity contribution in [2.45, 2.75) is 31.1 Å². The van der Waals surface area contributed by atoms with Gasteiger partial charge in [-0.1, -0.05) is 30.5 Å². The van der Waals surface area contributed by atoms with E-state index in [-0.39, 0.29) is 5.91 Å². The van der Waals surface area contributed by atoms with Crippen molar-refractivity contribution in [1.82, 2.24) is 5.43 Å². The molecule has 0 bridgehead atoms. The number of nitrogens with one attached hydrogen (secondary N) is 1. The number of methoxy groups -OCH3 is 1. The number of rotatable bonds is 3. The number of nitrogens with two attached hydrogens (primary N) is 1. The fourth-order valence-electron chi connectivity index (χ4n) is 2.75. The summed E-state index contributed by atoms with van der Waals surface area (Å²) in [7, 11) is 1.59. The molecule has 2 rings (SSSR count). The molecular weight excluding hydrogens is 252 g/mol. The van der Waals surface area contributed by atoms with Crippen LogP contribution in [0.2, 0.25) is 5.02 Å². The Morgan fingerprint density at radius 1 is 1.44 bits per heavy atom. The van der Waals surface area contributed by atoms with Crippen LogP contribution in [0.25, 0.3) is 0 Å². The lowest BCUT2D eigenvalue weighted by Gasteiger charge is -2.28. The summed E-state index contributed by atoms with van der Waals surface area (Å²) in [6, 6.07) is 5.42. The highest BCUT2D eigenvalue weighted by Gasteiger charge is 2.43. The van der Waals surface area contributed by atoms with Crippen molar-refractivity contribution in [3.05, 3.63) is 28.8 Å². The molecule has 0 unspecified atom stereocenters. The molecule has 1 aromatic rings. The molecular formula is C13H17ClN2O2. The zero-order chi connectivity index (χ0) is 13.2. The van der Waals surface area contributed by atoms with Crippen molar-refractivity contribution >= 4 is 17.5 Å². The Labute approximate surface area is 111 Å². The Kier molecular flexibility index (Phi) is 3.78. The maximum absolute atomic E-state index is 12.1. The van der Waals surface area contributed by atoms with Crippen molar-refractivity contribution < 1.29 is 9.53 Å². The van der Waals surface area contributed by atoms with E-state index in [1.54, 1.807) is 13.2 Å². The van der Waals surface area contributed by atoms with Gasteiger partial charge >= 0.3 is 0 Å². The van der Waals surface area contributed by atoms with Gasteiger partial charge in [-0.3, -0.25) is 10.2 Å². The summed E-state index contributed by atoms with van der Waals surface area (Å²) in [5.41, 5.74) is 2.53. The third-order valence-electron chi connectivity index (χ3n) is 3.71. The summed E-state index contributed by atoms with van der Waals surface area (Å²) in [4.78, 5) is 12.1. The number of amides is 1. The predicted molar refractivity (Wildman–Crippen MR) is 70.5 cm³/mol. The molecule has 0 aromatic heterocycles. The lowest BCUT2D eigenvalue weighted by molar-refractivity contribution is -0.126. The molecule has 5 heteroatoms. The van der Waals surface area contributed by atoms with Gasteiger partial charge in [0, 0.05) is 5.02 Å². The Bertz CT molecular complexity index is 456. The minimum atomic E-state index is -0.585. The Morgan fingerprint density at radius 2 is 2.11 bits per heavy atom. The van der Waals surface area contributed by atoms with E-state index in [2.05, 4.69) is 5.43 Å². The second-order valence-corrected chi connectivity index (χ2v) is 5.02. The quantitative estimate of drug-likeness (QED) is 0.502. The average molecular weight is 269 g/mol. The van der Waals surface area contributed by atoms with E-state index < -0.39 is 5.41 Å². The van der Waals surface area contributed by atoms with Gasteiger partial charge in [-0.05, 0) is 30.5 Å². The zero-order valence-electron chi connectivity index (χ0n) is 10.3. The monoisotopic (exact) mass is 268 g/mol. The molecule has 0 radical (unpaired) electrons. The summed E-state index contributed by atoms with van der Waals surface area (Å²) < 4.78 is 5.12. The van der Waals surface area contributed by atoms with Gasteiger partial charge in [0.1, 0.15) is 5.75 Å². The number of benzene rings is 1. The van der Waals surface area contributed by atoms with E-state index in [0.717, 1.165) is 31.2 Å². The van der Waals surface area contributed by atoms with Crippen LogP contribution in [0.3, 0.4) is 0 Å². The normalized spacial score (nSPS) is 17.5. The van der Waals surface area contributed by atoms with Crippen LogP contribution in [0.1, 0.15) is 31.2 Å². The molecule has 18 heavy (non-hydrogen) atoms. The van der Waals surface area contributed by atoms with Crippen LogP contribution in [0.15, 0.2) is 18.2 Å². The minimum Gasteiger partial charge on any atom is -0.497 e. The predicted octanol–water partition coefficient (Wildman–Crippen LogP) is 2.15. The van der Waals surface area contributed by atoms with Crippen molar-refractivity contribution in [2.24, 2.45) is 5.84 Å². The van der Waals surface area contributed by atoms with Gasteiger partial charge < -0.3 is 4.74 Å². The Morgan fingerprint density at radius 3 is 2.61 bits per heavy atom. The van der Waals surface area contributed by atoms with Crippen LogP contribution in [-0.2, 0) is 10.2 Å². The Hall–Kier alpha value is -1.26. The van der Waals surface area contributed by atoms with E-state index in [9.17, 15) is 4.79 Å². The highest BCUT2D eigenvalue weighted by atomic mass is 35.5. The molecule has 0 aliphatic heterocycles. The molecule has 4 nitrogen and oxygen atoms in total. The van der Waals surface area contributed by atoms with E-state index in [4.69, 9.17) is 22.2 Å². The first kappa shape index (κ1) is 13.2. The molecule has 0 atom stereocenters. The largest absolute Gasteiger partial charge is 0.497 e. The van der Waals surface area contributed by atoms with Gasteiger partial charge in [-0.25, -0.2) is 5.84 Å². The fraction of sp³-hybridized carbons (Fsp3) is 0.462. The van der Waals surface area contributed by atoms with Gasteiger partial charge in [0.25, 0.3) is 0 Å². The number of carbonyl (C=O) groups is 1. The standard InChI is InChI=1S/C13H17ClN2O2/c1-18-9-4-5-10(11(14)8-9)13(12(17)16-15)6-2-3-7-13/h4-5,8H,2-3,6-7,15H2,1H3,(H,16,17). The van der Waals surface area contributed by atoms with Crippen LogP contribution in [0.5, 0.6) is 5.75 Å². The molecule has 0 spiro atoms. The summed E-state index contributed by atoms with van der Waals surface area (Å²) in [6.07, 6.45) is 3.58. The molecule has 0 heterocycles. The van der Waals surface area contributed by atoms with Crippen LogP contribution in [-0.4, -0.2) is 13.0 Å². The number of ether oxygens (including phenoxy) is 1. The zero-order valence-corrected chi connectivity index (χ0v) is 11.1. The van der Waals surface area contributed by atoms with E-state index >= 15 is 0 Å². The SMILES string of the molecule is COc1ccc(C2(C(=O)NN)CCCC2)c(Cl)c1. The highest BCUT2D eigenvalue weighted by molar-refractivity contribution is 6.32.